The van der Waals surface area contributed by atoms with Gasteiger partial charge in [-0.25, -0.2) is 4.98 Å². The number of fused-ring (bicyclic) bond motifs is 1. The number of benzene rings is 7. The van der Waals surface area contributed by atoms with E-state index in [1.165, 1.54) is 17.7 Å². The summed E-state index contributed by atoms with van der Waals surface area (Å²) >= 11 is 0. The predicted molar refractivity (Wildman–Crippen MR) is 287 cm³/mol. The zero-order chi connectivity index (χ0) is 55.8. The number of phenolic OH excluding ortho intramolecular Hbond substituents is 1. The molecule has 0 fully saturated rings. The van der Waals surface area contributed by atoms with Gasteiger partial charge in [-0.1, -0.05) is 203 Å². The van der Waals surface area contributed by atoms with Crippen molar-refractivity contribution < 1.29 is 38.5 Å². The zero-order valence-electron chi connectivity index (χ0n) is 49.7. The first-order chi connectivity index (χ1) is 35.9. The monoisotopic (exact) mass is 1090 g/mol. The van der Waals surface area contributed by atoms with Crippen molar-refractivity contribution in [1.29, 1.82) is 0 Å². The Morgan fingerprint density at radius 1 is 0.478 bits per heavy atom. The average Bonchev–Trinajstić information content (AvgIpc) is 3.03. The van der Waals surface area contributed by atoms with Crippen LogP contribution in [0.5, 0.6) is 5.75 Å². The molecular formula is C64H64N3OPt-. The number of imidazole rings is 1. The minimum absolute atomic E-state index is 0. The van der Waals surface area contributed by atoms with E-state index in [1.54, 1.807) is 0 Å². The minimum Gasteiger partial charge on any atom is -0.507 e. The van der Waals surface area contributed by atoms with Crippen molar-refractivity contribution >= 4 is 11.0 Å². The van der Waals surface area contributed by atoms with Crippen LogP contribution in [0.15, 0.2) is 164 Å². The fourth-order valence-corrected chi connectivity index (χ4v) is 8.86. The van der Waals surface area contributed by atoms with E-state index in [0.29, 0.717) is 27.8 Å². The Balaban J connectivity index is 0.00000803. The first-order valence-corrected chi connectivity index (χ1v) is 23.2. The van der Waals surface area contributed by atoms with E-state index in [9.17, 15) is 5.11 Å². The fourth-order valence-electron chi connectivity index (χ4n) is 8.86. The summed E-state index contributed by atoms with van der Waals surface area (Å²) < 4.78 is 79.9. The van der Waals surface area contributed by atoms with Gasteiger partial charge in [0, 0.05) is 56.4 Å². The van der Waals surface area contributed by atoms with Crippen molar-refractivity contribution in [2.45, 2.75) is 105 Å². The van der Waals surface area contributed by atoms with Gasteiger partial charge in [0.15, 0.2) is 0 Å². The van der Waals surface area contributed by atoms with Gasteiger partial charge < -0.3 is 5.11 Å². The van der Waals surface area contributed by atoms with Crippen LogP contribution >= 0.6 is 0 Å². The Bertz CT molecular complexity index is 3560. The SMILES string of the molecule is [2H]C([2H])([2H])C(c1ccc(O)c(-c2nc3c(-c4[c-]c(-c5cc(-c6ccc(C(C)(C)C)cc6)ccn5)cc(C(C)(C)C)c4)cccc3n2-c2c(-c3ccccc3)cc(C(C)(C)C)cc2-c2ccccc2)c1)(C([2H])([2H])[2H])C([2H])([2H])[2H].[Pt]. The van der Waals surface area contributed by atoms with Crippen LogP contribution in [0.3, 0.4) is 0 Å². The Morgan fingerprint density at radius 2 is 1.03 bits per heavy atom. The molecule has 0 aliphatic heterocycles. The predicted octanol–water partition coefficient (Wildman–Crippen LogP) is 17.1. The summed E-state index contributed by atoms with van der Waals surface area (Å²) in [6.45, 7) is 8.79. The Kier molecular flexibility index (Phi) is 10.3. The van der Waals surface area contributed by atoms with Gasteiger partial charge in [0.25, 0.3) is 0 Å². The van der Waals surface area contributed by atoms with Gasteiger partial charge in [0.1, 0.15) is 11.6 Å². The molecule has 352 valence electrons. The van der Waals surface area contributed by atoms with E-state index in [-0.39, 0.29) is 54.4 Å². The van der Waals surface area contributed by atoms with Crippen LogP contribution in [0.25, 0.3) is 83.9 Å². The standard InChI is InChI=1S/C64H64N3O.Pt/c1-61(2,3)47-28-26-41(27-29-47)44-32-33-65-55(37-44)46-34-45(35-49(36-46)63(7,8)9)51-24-19-25-56-58(51)66-60(54-38-48(62(4,5)6)30-31-57(54)68)67(56)59-52(42-20-15-13-16-21-42)39-50(64(10,11)12)40-53(59)43-22-17-14-18-23-43;/h13-33,35-40,68H,1-12H3;/q-1;/i4D3,5D3,6D3;. The van der Waals surface area contributed by atoms with Crippen LogP contribution in [0.4, 0.5) is 0 Å². The molecule has 0 spiro atoms. The number of para-hydroxylation sites is 1. The zero-order valence-corrected chi connectivity index (χ0v) is 43.0. The molecule has 1 N–H and O–H groups in total. The summed E-state index contributed by atoms with van der Waals surface area (Å²) in [6, 6.07) is 54.1. The van der Waals surface area contributed by atoms with Crippen LogP contribution in [0, 0.1) is 6.07 Å². The third-order valence-electron chi connectivity index (χ3n) is 12.9. The molecule has 5 heteroatoms. The maximum absolute atomic E-state index is 12.2. The maximum Gasteiger partial charge on any atom is 0.148 e. The van der Waals surface area contributed by atoms with E-state index in [4.69, 9.17) is 22.3 Å². The first kappa shape index (κ1) is 38.5. The van der Waals surface area contributed by atoms with E-state index in [2.05, 4.69) is 123 Å². The molecule has 0 aliphatic carbocycles. The van der Waals surface area contributed by atoms with Gasteiger partial charge in [-0.3, -0.25) is 9.55 Å². The van der Waals surface area contributed by atoms with Crippen LogP contribution in [0.1, 0.15) is 117 Å². The number of hydrogen-bond donors (Lipinski definition) is 1. The molecule has 0 radical (unpaired) electrons. The van der Waals surface area contributed by atoms with Crippen LogP contribution in [-0.4, -0.2) is 19.6 Å². The molecule has 2 aromatic heterocycles. The summed E-state index contributed by atoms with van der Waals surface area (Å²) in [6.07, 6.45) is 1.81. The second kappa shape index (κ2) is 18.5. The molecule has 7 aromatic carbocycles. The first-order valence-electron chi connectivity index (χ1n) is 27.7. The summed E-state index contributed by atoms with van der Waals surface area (Å²) in [5.41, 5.74) is 8.65. The van der Waals surface area contributed by atoms with Gasteiger partial charge in [0.2, 0.25) is 0 Å². The molecule has 0 saturated carbocycles. The van der Waals surface area contributed by atoms with Crippen molar-refractivity contribution in [3.05, 3.63) is 192 Å². The molecule has 0 aliphatic rings. The normalized spacial score (nSPS) is 14.8. The van der Waals surface area contributed by atoms with E-state index in [1.807, 2.05) is 95.7 Å². The number of aromatic nitrogens is 3. The van der Waals surface area contributed by atoms with Crippen LogP contribution in [-0.2, 0) is 42.7 Å². The molecule has 0 bridgehead atoms. The Labute approximate surface area is 437 Å². The molecule has 4 nitrogen and oxygen atoms in total. The molecule has 0 unspecified atom stereocenters. The van der Waals surface area contributed by atoms with Gasteiger partial charge in [0.05, 0.1) is 22.3 Å². The molecule has 9 rings (SSSR count). The van der Waals surface area contributed by atoms with E-state index >= 15 is 0 Å². The fraction of sp³-hybridized carbons (Fsp3) is 0.250. The molecule has 0 amide bonds. The summed E-state index contributed by atoms with van der Waals surface area (Å²) in [5, 5.41) is 12.2. The Morgan fingerprint density at radius 3 is 1.61 bits per heavy atom. The van der Waals surface area contributed by atoms with Crippen molar-refractivity contribution in [3.63, 3.8) is 0 Å². The third kappa shape index (κ3) is 9.93. The smallest absolute Gasteiger partial charge is 0.148 e. The third-order valence-corrected chi connectivity index (χ3v) is 12.9. The van der Waals surface area contributed by atoms with Crippen molar-refractivity contribution in [3.8, 4) is 78.6 Å². The number of phenols is 1. The average molecular weight is 1100 g/mol. The van der Waals surface area contributed by atoms with Gasteiger partial charge in [-0.05, 0) is 97.0 Å². The summed E-state index contributed by atoms with van der Waals surface area (Å²) in [5.74, 6) is -0.266. The van der Waals surface area contributed by atoms with Crippen molar-refractivity contribution in [2.75, 3.05) is 0 Å². The minimum atomic E-state index is -3.56. The molecule has 69 heavy (non-hydrogen) atoms. The topological polar surface area (TPSA) is 50.9 Å². The molecule has 0 saturated heterocycles. The number of nitrogens with zero attached hydrogens (tertiary/aromatic N) is 3. The van der Waals surface area contributed by atoms with Gasteiger partial charge in [-0.2, -0.15) is 0 Å². The van der Waals surface area contributed by atoms with E-state index in [0.717, 1.165) is 61.8 Å². The van der Waals surface area contributed by atoms with Gasteiger partial charge in [-0.15, -0.1) is 29.3 Å². The second-order valence-electron chi connectivity index (χ2n) is 21.0. The Hall–Kier alpha value is -6.35. The van der Waals surface area contributed by atoms with Crippen molar-refractivity contribution in [1.82, 2.24) is 14.5 Å². The number of rotatable bonds is 7. The largest absolute Gasteiger partial charge is 0.507 e. The number of hydrogen-bond acceptors (Lipinski definition) is 3. The van der Waals surface area contributed by atoms with Crippen LogP contribution in [0.2, 0.25) is 0 Å². The molecular weight excluding hydrogens is 1020 g/mol. The molecule has 2 heterocycles. The van der Waals surface area contributed by atoms with Crippen LogP contribution < -0.4 is 0 Å². The number of aromatic hydroxyl groups is 1. The summed E-state index contributed by atoms with van der Waals surface area (Å²) in [7, 11) is 0. The summed E-state index contributed by atoms with van der Waals surface area (Å²) in [4.78, 5) is 10.4. The molecule has 0 atom stereocenters. The molecule has 9 aromatic rings. The maximum atomic E-state index is 12.2. The quantitative estimate of drug-likeness (QED) is 0.162. The van der Waals surface area contributed by atoms with Crippen molar-refractivity contribution in [2.24, 2.45) is 0 Å². The second-order valence-corrected chi connectivity index (χ2v) is 21.0. The van der Waals surface area contributed by atoms with Gasteiger partial charge >= 0.3 is 0 Å². The van der Waals surface area contributed by atoms with E-state index < -0.39 is 31.5 Å². The number of pyridine rings is 1.